The van der Waals surface area contributed by atoms with Crippen LogP contribution in [0, 0.1) is 6.92 Å². The summed E-state index contributed by atoms with van der Waals surface area (Å²) in [6, 6.07) is 9.79. The van der Waals surface area contributed by atoms with E-state index in [4.69, 9.17) is 4.42 Å². The molecular formula is C15H14N2O2. The van der Waals surface area contributed by atoms with Crippen LogP contribution in [0.1, 0.15) is 33.7 Å². The van der Waals surface area contributed by atoms with Gasteiger partial charge < -0.3 is 4.42 Å². The quantitative estimate of drug-likeness (QED) is 0.838. The molecule has 0 bridgehead atoms. The molecule has 0 aliphatic heterocycles. The maximum Gasteiger partial charge on any atom is 0.274 e. The highest BCUT2D eigenvalue weighted by molar-refractivity contribution is 6.05. The van der Waals surface area contributed by atoms with Crippen molar-refractivity contribution < 1.29 is 9.21 Å². The van der Waals surface area contributed by atoms with Crippen molar-refractivity contribution in [3.05, 3.63) is 59.0 Å². The maximum atomic E-state index is 11.9. The smallest absolute Gasteiger partial charge is 0.274 e. The first-order chi connectivity index (χ1) is 9.25. The molecule has 1 heterocycles. The molecule has 96 valence electrons. The number of nitrogens with one attached hydrogen (secondary N) is 1. The van der Waals surface area contributed by atoms with Crippen molar-refractivity contribution in [1.29, 1.82) is 0 Å². The SMILES string of the molecule is Cc1occc1C(=O)N/N=C1\CCc2ccccc21. The van der Waals surface area contributed by atoms with Crippen LogP contribution in [0.5, 0.6) is 0 Å². The van der Waals surface area contributed by atoms with E-state index in [1.165, 1.54) is 11.8 Å². The number of fused-ring (bicyclic) bond motifs is 1. The lowest BCUT2D eigenvalue weighted by Gasteiger charge is -2.01. The van der Waals surface area contributed by atoms with E-state index >= 15 is 0 Å². The lowest BCUT2D eigenvalue weighted by molar-refractivity contribution is 0.0953. The predicted octanol–water partition coefficient (Wildman–Crippen LogP) is 2.67. The summed E-state index contributed by atoms with van der Waals surface area (Å²) in [6.07, 6.45) is 3.35. The zero-order chi connectivity index (χ0) is 13.2. The average molecular weight is 254 g/mol. The molecule has 2 aromatic rings. The van der Waals surface area contributed by atoms with Gasteiger partial charge in [0.15, 0.2) is 0 Å². The van der Waals surface area contributed by atoms with E-state index in [2.05, 4.69) is 16.6 Å². The summed E-state index contributed by atoms with van der Waals surface area (Å²) >= 11 is 0. The minimum atomic E-state index is -0.233. The molecule has 1 N–H and O–H groups in total. The number of hydrazone groups is 1. The van der Waals surface area contributed by atoms with E-state index in [0.29, 0.717) is 11.3 Å². The van der Waals surface area contributed by atoms with E-state index in [9.17, 15) is 4.79 Å². The number of carbonyl (C=O) groups is 1. The second kappa shape index (κ2) is 4.72. The zero-order valence-corrected chi connectivity index (χ0v) is 10.6. The maximum absolute atomic E-state index is 11.9. The zero-order valence-electron chi connectivity index (χ0n) is 10.6. The molecule has 0 saturated carbocycles. The van der Waals surface area contributed by atoms with Crippen molar-refractivity contribution in [2.45, 2.75) is 19.8 Å². The topological polar surface area (TPSA) is 54.6 Å². The Kier molecular flexibility index (Phi) is 2.91. The molecule has 4 nitrogen and oxygen atoms in total. The molecule has 1 amide bonds. The fraction of sp³-hybridized carbons (Fsp3) is 0.200. The van der Waals surface area contributed by atoms with Crippen LogP contribution in [0.15, 0.2) is 46.1 Å². The lowest BCUT2D eigenvalue weighted by atomic mass is 10.1. The Morgan fingerprint density at radius 1 is 1.26 bits per heavy atom. The van der Waals surface area contributed by atoms with Crippen molar-refractivity contribution in [1.82, 2.24) is 5.43 Å². The summed E-state index contributed by atoms with van der Waals surface area (Å²) in [6.45, 7) is 1.76. The van der Waals surface area contributed by atoms with Crippen LogP contribution in [0.25, 0.3) is 0 Å². The third kappa shape index (κ3) is 2.17. The van der Waals surface area contributed by atoms with Crippen LogP contribution in [-0.4, -0.2) is 11.6 Å². The Hall–Kier alpha value is -2.36. The van der Waals surface area contributed by atoms with Crippen molar-refractivity contribution in [3.63, 3.8) is 0 Å². The monoisotopic (exact) mass is 254 g/mol. The highest BCUT2D eigenvalue weighted by Gasteiger charge is 2.17. The fourth-order valence-corrected chi connectivity index (χ4v) is 2.32. The van der Waals surface area contributed by atoms with Gasteiger partial charge >= 0.3 is 0 Å². The van der Waals surface area contributed by atoms with Gasteiger partial charge in [0.1, 0.15) is 5.76 Å². The second-order valence-corrected chi connectivity index (χ2v) is 4.55. The highest BCUT2D eigenvalue weighted by atomic mass is 16.3. The van der Waals surface area contributed by atoms with E-state index < -0.39 is 0 Å². The molecule has 1 aliphatic rings. The van der Waals surface area contributed by atoms with Gasteiger partial charge in [-0.15, -0.1) is 0 Å². The molecule has 19 heavy (non-hydrogen) atoms. The van der Waals surface area contributed by atoms with Crippen LogP contribution < -0.4 is 5.43 Å². The van der Waals surface area contributed by atoms with Gasteiger partial charge in [0.2, 0.25) is 0 Å². The third-order valence-corrected chi connectivity index (χ3v) is 3.36. The van der Waals surface area contributed by atoms with Crippen LogP contribution in [0.3, 0.4) is 0 Å². The Balaban J connectivity index is 1.78. The van der Waals surface area contributed by atoms with Crippen LogP contribution in [0.4, 0.5) is 0 Å². The van der Waals surface area contributed by atoms with Gasteiger partial charge in [0.05, 0.1) is 17.5 Å². The van der Waals surface area contributed by atoms with Crippen LogP contribution >= 0.6 is 0 Å². The third-order valence-electron chi connectivity index (χ3n) is 3.36. The number of rotatable bonds is 2. The number of carbonyl (C=O) groups excluding carboxylic acids is 1. The first-order valence-corrected chi connectivity index (χ1v) is 6.25. The standard InChI is InChI=1S/C15H14N2O2/c1-10-12(8-9-19-10)15(18)17-16-14-7-6-11-4-2-3-5-13(11)14/h2-5,8-9H,6-7H2,1H3,(H,17,18)/b16-14+. The summed E-state index contributed by atoms with van der Waals surface area (Å²) < 4.78 is 5.10. The number of furan rings is 1. The minimum Gasteiger partial charge on any atom is -0.469 e. The number of hydrogen-bond acceptors (Lipinski definition) is 3. The molecule has 1 aliphatic carbocycles. The Morgan fingerprint density at radius 2 is 2.11 bits per heavy atom. The summed E-state index contributed by atoms with van der Waals surface area (Å²) in [5.74, 6) is 0.368. The highest BCUT2D eigenvalue weighted by Crippen LogP contribution is 2.21. The summed E-state index contributed by atoms with van der Waals surface area (Å²) in [7, 11) is 0. The van der Waals surface area contributed by atoms with Crippen molar-refractivity contribution in [2.75, 3.05) is 0 Å². The number of benzene rings is 1. The average Bonchev–Trinajstić information content (AvgIpc) is 3.02. The summed E-state index contributed by atoms with van der Waals surface area (Å²) in [5, 5.41) is 4.24. The molecule has 4 heteroatoms. The van der Waals surface area contributed by atoms with E-state index in [0.717, 1.165) is 24.1 Å². The second-order valence-electron chi connectivity index (χ2n) is 4.55. The van der Waals surface area contributed by atoms with Crippen molar-refractivity contribution in [2.24, 2.45) is 5.10 Å². The van der Waals surface area contributed by atoms with Crippen molar-refractivity contribution in [3.8, 4) is 0 Å². The predicted molar refractivity (Wildman–Crippen MR) is 72.2 cm³/mol. The largest absolute Gasteiger partial charge is 0.469 e. The Bertz CT molecular complexity index is 656. The van der Waals surface area contributed by atoms with Gasteiger partial charge in [0.25, 0.3) is 5.91 Å². The number of amides is 1. The minimum absolute atomic E-state index is 0.233. The molecule has 0 radical (unpaired) electrons. The van der Waals surface area contributed by atoms with E-state index in [1.807, 2.05) is 18.2 Å². The molecule has 1 aromatic heterocycles. The number of aryl methyl sites for hydroxylation is 2. The van der Waals surface area contributed by atoms with Gasteiger partial charge in [-0.25, -0.2) is 5.43 Å². The fourth-order valence-electron chi connectivity index (χ4n) is 2.32. The van der Waals surface area contributed by atoms with E-state index in [1.54, 1.807) is 13.0 Å². The molecule has 0 fully saturated rings. The lowest BCUT2D eigenvalue weighted by Crippen LogP contribution is -2.19. The molecule has 0 saturated heterocycles. The molecular weight excluding hydrogens is 240 g/mol. The van der Waals surface area contributed by atoms with Gasteiger partial charge in [-0.1, -0.05) is 24.3 Å². The summed E-state index contributed by atoms with van der Waals surface area (Å²) in [5.41, 5.74) is 6.48. The Morgan fingerprint density at radius 3 is 2.89 bits per heavy atom. The molecule has 1 aromatic carbocycles. The van der Waals surface area contributed by atoms with Gasteiger partial charge in [-0.2, -0.15) is 5.10 Å². The molecule has 0 atom stereocenters. The molecule has 0 unspecified atom stereocenters. The Labute approximate surface area is 111 Å². The van der Waals surface area contributed by atoms with Crippen LogP contribution in [-0.2, 0) is 6.42 Å². The first-order valence-electron chi connectivity index (χ1n) is 6.25. The van der Waals surface area contributed by atoms with Gasteiger partial charge in [-0.05, 0) is 31.4 Å². The molecule has 0 spiro atoms. The van der Waals surface area contributed by atoms with E-state index in [-0.39, 0.29) is 5.91 Å². The first kappa shape index (κ1) is 11.7. The van der Waals surface area contributed by atoms with Crippen LogP contribution in [0.2, 0.25) is 0 Å². The van der Waals surface area contributed by atoms with Gasteiger partial charge in [0, 0.05) is 5.56 Å². The van der Waals surface area contributed by atoms with Gasteiger partial charge in [-0.3, -0.25) is 4.79 Å². The normalized spacial score (nSPS) is 15.5. The molecule has 3 rings (SSSR count). The summed E-state index contributed by atoms with van der Waals surface area (Å²) in [4.78, 5) is 11.9. The number of hydrogen-bond donors (Lipinski definition) is 1. The van der Waals surface area contributed by atoms with Crippen molar-refractivity contribution >= 4 is 11.6 Å². The number of nitrogens with zero attached hydrogens (tertiary/aromatic N) is 1.